The lowest BCUT2D eigenvalue weighted by molar-refractivity contribution is -0.156. The van der Waals surface area contributed by atoms with Crippen LogP contribution in [0.2, 0.25) is 0 Å². The standard InChI is InChI=1S/C14H20O3/c1-9-5-4-6-10-12(13(16)17-3)11(15)7-8-14(9,10)2/h5,10,12H,4,6-8H2,1-3H3/t10-,12-,14+/m1/s1. The highest BCUT2D eigenvalue weighted by Gasteiger charge is 2.50. The van der Waals surface area contributed by atoms with Crippen LogP contribution in [0.3, 0.4) is 0 Å². The first-order chi connectivity index (χ1) is 8.00. The second-order valence-electron chi connectivity index (χ2n) is 5.46. The maximum absolute atomic E-state index is 12.0. The Hall–Kier alpha value is -1.12. The fourth-order valence-electron chi connectivity index (χ4n) is 3.43. The van der Waals surface area contributed by atoms with E-state index in [9.17, 15) is 9.59 Å². The van der Waals surface area contributed by atoms with Gasteiger partial charge in [-0.1, -0.05) is 18.6 Å². The highest BCUT2D eigenvalue weighted by molar-refractivity contribution is 6.00. The number of rotatable bonds is 1. The molecule has 0 aromatic carbocycles. The summed E-state index contributed by atoms with van der Waals surface area (Å²) in [5, 5.41) is 0. The van der Waals surface area contributed by atoms with E-state index in [0.29, 0.717) is 6.42 Å². The third kappa shape index (κ3) is 1.81. The summed E-state index contributed by atoms with van der Waals surface area (Å²) >= 11 is 0. The quantitative estimate of drug-likeness (QED) is 0.399. The molecule has 17 heavy (non-hydrogen) atoms. The molecule has 3 nitrogen and oxygen atoms in total. The maximum Gasteiger partial charge on any atom is 0.316 e. The molecular formula is C14H20O3. The van der Waals surface area contributed by atoms with Crippen molar-refractivity contribution in [1.29, 1.82) is 0 Å². The minimum atomic E-state index is -0.539. The Morgan fingerprint density at radius 1 is 1.53 bits per heavy atom. The van der Waals surface area contributed by atoms with Crippen LogP contribution in [0.1, 0.15) is 39.5 Å². The minimum Gasteiger partial charge on any atom is -0.468 e. The normalized spacial score (nSPS) is 37.1. The van der Waals surface area contributed by atoms with Crippen LogP contribution < -0.4 is 0 Å². The molecule has 1 fully saturated rings. The summed E-state index contributed by atoms with van der Waals surface area (Å²) in [5.41, 5.74) is 1.33. The first-order valence-corrected chi connectivity index (χ1v) is 6.28. The van der Waals surface area contributed by atoms with Crippen molar-refractivity contribution < 1.29 is 14.3 Å². The number of Topliss-reactive ketones (excluding diaryl/α,β-unsaturated/α-hetero) is 1. The third-order valence-corrected chi connectivity index (χ3v) is 4.74. The fraction of sp³-hybridized carbons (Fsp3) is 0.714. The molecule has 2 aliphatic rings. The minimum absolute atomic E-state index is 0.00498. The molecule has 0 aliphatic heterocycles. The van der Waals surface area contributed by atoms with E-state index >= 15 is 0 Å². The molecule has 3 heteroatoms. The summed E-state index contributed by atoms with van der Waals surface area (Å²) in [5.74, 6) is -0.696. The van der Waals surface area contributed by atoms with Crippen LogP contribution in [-0.2, 0) is 14.3 Å². The van der Waals surface area contributed by atoms with Crippen LogP contribution in [0.25, 0.3) is 0 Å². The summed E-state index contributed by atoms with van der Waals surface area (Å²) < 4.78 is 4.81. The van der Waals surface area contributed by atoms with Gasteiger partial charge in [-0.3, -0.25) is 9.59 Å². The summed E-state index contributed by atoms with van der Waals surface area (Å²) in [6, 6.07) is 0. The van der Waals surface area contributed by atoms with E-state index in [0.717, 1.165) is 19.3 Å². The second-order valence-corrected chi connectivity index (χ2v) is 5.46. The predicted octanol–water partition coefficient (Wildman–Crippen LogP) is 2.50. The van der Waals surface area contributed by atoms with E-state index in [1.165, 1.54) is 12.7 Å². The lowest BCUT2D eigenvalue weighted by Crippen LogP contribution is -2.47. The summed E-state index contributed by atoms with van der Waals surface area (Å²) in [4.78, 5) is 23.8. The summed E-state index contributed by atoms with van der Waals surface area (Å²) in [6.07, 6.45) is 5.50. The number of fused-ring (bicyclic) bond motifs is 1. The average molecular weight is 236 g/mol. The Morgan fingerprint density at radius 2 is 2.24 bits per heavy atom. The molecule has 3 atom stereocenters. The molecule has 0 heterocycles. The number of esters is 1. The number of methoxy groups -OCH3 is 1. The topological polar surface area (TPSA) is 43.4 Å². The zero-order valence-electron chi connectivity index (χ0n) is 10.8. The van der Waals surface area contributed by atoms with Gasteiger partial charge in [-0.05, 0) is 37.5 Å². The number of ether oxygens (including phenoxy) is 1. The zero-order valence-corrected chi connectivity index (χ0v) is 10.8. The van der Waals surface area contributed by atoms with E-state index in [4.69, 9.17) is 4.74 Å². The van der Waals surface area contributed by atoms with Crippen molar-refractivity contribution in [1.82, 2.24) is 0 Å². The third-order valence-electron chi connectivity index (χ3n) is 4.74. The summed E-state index contributed by atoms with van der Waals surface area (Å²) in [7, 11) is 1.37. The Morgan fingerprint density at radius 3 is 2.88 bits per heavy atom. The molecule has 0 unspecified atom stereocenters. The molecule has 1 saturated carbocycles. The smallest absolute Gasteiger partial charge is 0.316 e. The number of allylic oxidation sites excluding steroid dienone is 2. The van der Waals surface area contributed by atoms with Gasteiger partial charge in [0.05, 0.1) is 7.11 Å². The van der Waals surface area contributed by atoms with Crippen molar-refractivity contribution >= 4 is 11.8 Å². The molecule has 2 rings (SSSR count). The largest absolute Gasteiger partial charge is 0.468 e. The summed E-state index contributed by atoms with van der Waals surface area (Å²) in [6.45, 7) is 4.31. The number of hydrogen-bond acceptors (Lipinski definition) is 3. The van der Waals surface area contributed by atoms with Gasteiger partial charge in [0, 0.05) is 6.42 Å². The van der Waals surface area contributed by atoms with Crippen molar-refractivity contribution in [3.05, 3.63) is 11.6 Å². The number of ketones is 1. The maximum atomic E-state index is 12.0. The van der Waals surface area contributed by atoms with E-state index in [2.05, 4.69) is 19.9 Å². The number of carbonyl (C=O) groups is 2. The van der Waals surface area contributed by atoms with Crippen LogP contribution >= 0.6 is 0 Å². The highest BCUT2D eigenvalue weighted by Crippen LogP contribution is 2.52. The van der Waals surface area contributed by atoms with E-state index in [-0.39, 0.29) is 23.1 Å². The number of hydrogen-bond donors (Lipinski definition) is 0. The van der Waals surface area contributed by atoms with Crippen molar-refractivity contribution in [2.45, 2.75) is 39.5 Å². The van der Waals surface area contributed by atoms with Crippen LogP contribution in [0.5, 0.6) is 0 Å². The van der Waals surface area contributed by atoms with Gasteiger partial charge in [-0.15, -0.1) is 0 Å². The van der Waals surface area contributed by atoms with E-state index in [1.54, 1.807) is 0 Å². The van der Waals surface area contributed by atoms with E-state index in [1.807, 2.05) is 0 Å². The van der Waals surface area contributed by atoms with Gasteiger partial charge in [-0.25, -0.2) is 0 Å². The molecule has 94 valence electrons. The van der Waals surface area contributed by atoms with Gasteiger partial charge in [0.1, 0.15) is 11.7 Å². The molecule has 0 saturated heterocycles. The van der Waals surface area contributed by atoms with Crippen molar-refractivity contribution in [2.24, 2.45) is 17.3 Å². The highest BCUT2D eigenvalue weighted by atomic mass is 16.5. The predicted molar refractivity (Wildman–Crippen MR) is 64.3 cm³/mol. The average Bonchev–Trinajstić information content (AvgIpc) is 2.31. The Labute approximate surface area is 102 Å². The molecule has 0 N–H and O–H groups in total. The van der Waals surface area contributed by atoms with Gasteiger partial charge in [0.2, 0.25) is 0 Å². The Kier molecular flexibility index (Phi) is 3.11. The fourth-order valence-corrected chi connectivity index (χ4v) is 3.43. The van der Waals surface area contributed by atoms with Crippen molar-refractivity contribution in [3.63, 3.8) is 0 Å². The molecule has 2 aliphatic carbocycles. The van der Waals surface area contributed by atoms with Crippen LogP contribution in [0.4, 0.5) is 0 Å². The van der Waals surface area contributed by atoms with Gasteiger partial charge in [0.25, 0.3) is 0 Å². The van der Waals surface area contributed by atoms with Gasteiger partial charge in [0.15, 0.2) is 0 Å². The lowest BCUT2D eigenvalue weighted by Gasteiger charge is -2.47. The van der Waals surface area contributed by atoms with Crippen molar-refractivity contribution in [3.8, 4) is 0 Å². The SMILES string of the molecule is COC(=O)[C@H]1C(=O)CC[C@@]2(C)C(C)=CCC[C@H]12. The molecular weight excluding hydrogens is 216 g/mol. The molecule has 0 aromatic heterocycles. The Bertz CT molecular complexity index is 375. The van der Waals surface area contributed by atoms with E-state index < -0.39 is 5.92 Å². The molecule has 0 bridgehead atoms. The molecule has 0 radical (unpaired) electrons. The van der Waals surface area contributed by atoms with Crippen molar-refractivity contribution in [2.75, 3.05) is 7.11 Å². The Balaban J connectivity index is 2.37. The van der Waals surface area contributed by atoms with Crippen LogP contribution in [-0.4, -0.2) is 18.9 Å². The molecule has 0 aromatic rings. The lowest BCUT2D eigenvalue weighted by atomic mass is 9.56. The number of carbonyl (C=O) groups excluding carboxylic acids is 2. The first kappa shape index (κ1) is 12.3. The molecule has 0 amide bonds. The molecule has 0 spiro atoms. The van der Waals surface area contributed by atoms with Gasteiger partial charge >= 0.3 is 5.97 Å². The zero-order chi connectivity index (χ0) is 12.6. The van der Waals surface area contributed by atoms with Gasteiger partial charge in [-0.2, -0.15) is 0 Å². The second kappa shape index (κ2) is 4.28. The van der Waals surface area contributed by atoms with Gasteiger partial charge < -0.3 is 4.74 Å². The van der Waals surface area contributed by atoms with Crippen LogP contribution in [0.15, 0.2) is 11.6 Å². The monoisotopic (exact) mass is 236 g/mol. The first-order valence-electron chi connectivity index (χ1n) is 6.28. The van der Waals surface area contributed by atoms with Crippen LogP contribution in [0, 0.1) is 17.3 Å².